The fraction of sp³-hybridized carbons (Fsp3) is 0. The summed E-state index contributed by atoms with van der Waals surface area (Å²) >= 11 is 0. The third kappa shape index (κ3) is 2.75. The molecule has 0 aliphatic carbocycles. The predicted octanol–water partition coefficient (Wildman–Crippen LogP) is 5.88. The Morgan fingerprint density at radius 2 is 0.722 bits per heavy atom. The van der Waals surface area contributed by atoms with Crippen LogP contribution < -0.4 is 26.5 Å². The van der Waals surface area contributed by atoms with Crippen LogP contribution in [0.4, 0.5) is 0 Å². The molecule has 36 heavy (non-hydrogen) atoms. The summed E-state index contributed by atoms with van der Waals surface area (Å²) < 4.78 is 31.0. The van der Waals surface area contributed by atoms with E-state index >= 15 is 9.13 Å². The maximum Gasteiger partial charge on any atom is 0.172 e. The summed E-state index contributed by atoms with van der Waals surface area (Å²) in [5.74, 6) is 0. The zero-order chi connectivity index (χ0) is 24.3. The van der Waals surface area contributed by atoms with E-state index in [1.165, 1.54) is 0 Å². The van der Waals surface area contributed by atoms with Crippen LogP contribution in [0.2, 0.25) is 0 Å². The van der Waals surface area contributed by atoms with Gasteiger partial charge in [-0.1, -0.05) is 133 Å². The lowest BCUT2D eigenvalue weighted by Gasteiger charge is -2.25. The molecule has 5 aromatic rings. The first kappa shape index (κ1) is 21.6. The molecular weight excluding hydrogens is 478 g/mol. The van der Waals surface area contributed by atoms with Gasteiger partial charge in [0.1, 0.15) is 0 Å². The average molecular weight is 500 g/mol. The van der Waals surface area contributed by atoms with Crippen molar-refractivity contribution >= 4 is 51.7 Å². The number of fused-ring (bicyclic) bond motifs is 6. The summed E-state index contributed by atoms with van der Waals surface area (Å²) in [6.07, 6.45) is 0. The molecule has 0 saturated carbocycles. The highest BCUT2D eigenvalue weighted by Crippen LogP contribution is 2.67. The normalized spacial score (nSPS) is 21.7. The fourth-order valence-electron chi connectivity index (χ4n) is 5.80. The maximum atomic E-state index is 15.5. The second-order valence-corrected chi connectivity index (χ2v) is 14.5. The van der Waals surface area contributed by atoms with Crippen LogP contribution in [0.15, 0.2) is 133 Å². The summed E-state index contributed by atoms with van der Waals surface area (Å²) in [6, 6.07) is 43.4. The van der Waals surface area contributed by atoms with Crippen molar-refractivity contribution in [3.8, 4) is 0 Å². The molecule has 2 aliphatic rings. The van der Waals surface area contributed by atoms with Crippen LogP contribution in [0.1, 0.15) is 16.7 Å². The van der Waals surface area contributed by atoms with Crippen molar-refractivity contribution in [3.05, 3.63) is 150 Å². The lowest BCUT2D eigenvalue weighted by Crippen LogP contribution is -2.28. The van der Waals surface area contributed by atoms with E-state index in [2.05, 4.69) is 6.07 Å². The van der Waals surface area contributed by atoms with Crippen LogP contribution in [-0.4, -0.2) is 0 Å². The van der Waals surface area contributed by atoms with Crippen LogP contribution in [0.25, 0.3) is 10.9 Å². The number of hydrogen-bond donors (Lipinski definition) is 0. The third-order valence-corrected chi connectivity index (χ3v) is 13.7. The van der Waals surface area contributed by atoms with Gasteiger partial charge in [-0.05, 0) is 16.7 Å². The summed E-state index contributed by atoms with van der Waals surface area (Å²) in [5, 5.41) is 4.77. The quantitative estimate of drug-likeness (QED) is 0.284. The topological polar surface area (TPSA) is 34.1 Å². The van der Waals surface area contributed by atoms with Crippen molar-refractivity contribution in [2.24, 2.45) is 0 Å². The zero-order valence-electron chi connectivity index (χ0n) is 19.4. The first-order valence-corrected chi connectivity index (χ1v) is 15.4. The van der Waals surface area contributed by atoms with E-state index in [4.69, 9.17) is 0 Å². The Labute approximate surface area is 210 Å². The molecule has 2 unspecified atom stereocenters. The van der Waals surface area contributed by atoms with Gasteiger partial charge < -0.3 is 9.13 Å². The maximum absolute atomic E-state index is 15.5. The van der Waals surface area contributed by atoms with E-state index in [0.717, 1.165) is 54.1 Å². The van der Waals surface area contributed by atoms with Crippen molar-refractivity contribution in [1.29, 1.82) is 0 Å². The van der Waals surface area contributed by atoms with Gasteiger partial charge in [0.2, 0.25) is 0 Å². The molecule has 0 bridgehead atoms. The molecular formula is C32H22O2P2. The molecule has 0 aromatic heterocycles. The fourth-order valence-corrected chi connectivity index (χ4v) is 12.2. The molecule has 2 atom stereocenters. The zero-order valence-corrected chi connectivity index (χ0v) is 21.2. The molecule has 5 aromatic carbocycles. The number of benzene rings is 5. The molecule has 0 N–H and O–H groups in total. The van der Waals surface area contributed by atoms with E-state index < -0.39 is 14.3 Å². The minimum atomic E-state index is -3.27. The molecule has 0 amide bonds. The third-order valence-electron chi connectivity index (χ3n) is 7.32. The van der Waals surface area contributed by atoms with E-state index in [9.17, 15) is 0 Å². The molecule has 2 nitrogen and oxygen atoms in total. The van der Waals surface area contributed by atoms with Gasteiger partial charge in [0.25, 0.3) is 0 Å². The minimum Gasteiger partial charge on any atom is -0.309 e. The molecule has 0 saturated heterocycles. The minimum absolute atomic E-state index is 0.748. The van der Waals surface area contributed by atoms with Crippen LogP contribution in [0.5, 0.6) is 0 Å². The summed E-state index contributed by atoms with van der Waals surface area (Å²) in [5.41, 5.74) is 3.62. The smallest absolute Gasteiger partial charge is 0.172 e. The number of rotatable bonds is 2. The summed E-state index contributed by atoms with van der Waals surface area (Å²) in [4.78, 5) is 0. The van der Waals surface area contributed by atoms with Gasteiger partial charge in [-0.15, -0.1) is 0 Å². The van der Waals surface area contributed by atoms with E-state index in [-0.39, 0.29) is 0 Å². The van der Waals surface area contributed by atoms with Gasteiger partial charge in [0.05, 0.1) is 0 Å². The van der Waals surface area contributed by atoms with Gasteiger partial charge in [0, 0.05) is 37.4 Å². The lowest BCUT2D eigenvalue weighted by atomic mass is 9.96. The van der Waals surface area contributed by atoms with Crippen molar-refractivity contribution in [3.63, 3.8) is 0 Å². The molecule has 0 fully saturated rings. The highest BCUT2D eigenvalue weighted by Gasteiger charge is 2.48. The second kappa shape index (κ2) is 7.90. The lowest BCUT2D eigenvalue weighted by molar-refractivity contribution is 0.592. The van der Waals surface area contributed by atoms with Crippen LogP contribution in [-0.2, 0) is 9.13 Å². The van der Waals surface area contributed by atoms with Crippen LogP contribution in [0.3, 0.4) is 0 Å². The first-order valence-electron chi connectivity index (χ1n) is 12.0. The van der Waals surface area contributed by atoms with E-state index in [1.54, 1.807) is 0 Å². The van der Waals surface area contributed by atoms with Gasteiger partial charge in [-0.25, -0.2) is 0 Å². The molecule has 2 heterocycles. The Morgan fingerprint density at radius 3 is 1.25 bits per heavy atom. The molecule has 7 rings (SSSR count). The Balaban J connectivity index is 1.71. The van der Waals surface area contributed by atoms with Gasteiger partial charge in [-0.3, -0.25) is 0 Å². The Morgan fingerprint density at radius 1 is 0.361 bits per heavy atom. The summed E-state index contributed by atoms with van der Waals surface area (Å²) in [7, 11) is -6.51. The Kier molecular flexibility index (Phi) is 4.74. The largest absolute Gasteiger partial charge is 0.309 e. The van der Waals surface area contributed by atoms with Gasteiger partial charge >= 0.3 is 0 Å². The van der Waals surface area contributed by atoms with Crippen molar-refractivity contribution in [2.75, 3.05) is 0 Å². The second-order valence-electron chi connectivity index (χ2n) is 9.16. The van der Waals surface area contributed by atoms with Gasteiger partial charge in [-0.2, -0.15) is 0 Å². The monoisotopic (exact) mass is 500 g/mol. The molecule has 172 valence electrons. The predicted molar refractivity (Wildman–Crippen MR) is 152 cm³/mol. The molecule has 0 radical (unpaired) electrons. The highest BCUT2D eigenvalue weighted by molar-refractivity contribution is 7.89. The van der Waals surface area contributed by atoms with Crippen molar-refractivity contribution < 1.29 is 9.13 Å². The number of hydrogen-bond acceptors (Lipinski definition) is 2. The van der Waals surface area contributed by atoms with Crippen molar-refractivity contribution in [2.45, 2.75) is 0 Å². The van der Waals surface area contributed by atoms with Crippen molar-refractivity contribution in [1.82, 2.24) is 0 Å². The summed E-state index contributed by atoms with van der Waals surface area (Å²) in [6.45, 7) is 0. The molecule has 4 heteroatoms. The van der Waals surface area contributed by atoms with Crippen LogP contribution in [0, 0.1) is 0 Å². The highest BCUT2D eigenvalue weighted by atomic mass is 31.2. The van der Waals surface area contributed by atoms with Gasteiger partial charge in [0.15, 0.2) is 14.3 Å². The van der Waals surface area contributed by atoms with Crippen LogP contribution >= 0.6 is 14.3 Å². The first-order chi connectivity index (χ1) is 17.6. The van der Waals surface area contributed by atoms with E-state index in [0.29, 0.717) is 0 Å². The average Bonchev–Trinajstić information content (AvgIpc) is 3.17. The molecule has 2 aliphatic heterocycles. The van der Waals surface area contributed by atoms with E-state index in [1.807, 2.05) is 127 Å². The SMILES string of the molecule is O=P1(c2ccccc2)C2=C(c3ccccc31)c1ccccc1P(=O)(c1ccccc1)c1ccccc12. The Bertz CT molecular complexity index is 1790. The molecule has 0 spiro atoms. The Hall–Kier alpha value is -3.70. The standard InChI is InChI=1S/C32H22O2P2/c33-35(23-13-3-1-4-14-23)28-20-10-7-17-25(28)31-26-18-8-11-21-29(26)36(34,24-15-5-2-6-16-24)32(31)27-19-9-12-22-30(27)35/h1-22H.